The fourth-order valence-electron chi connectivity index (χ4n) is 3.08. The minimum Gasteiger partial charge on any atom is -0.353 e. The molecule has 0 amide bonds. The van der Waals surface area contributed by atoms with E-state index in [1.807, 2.05) is 13.8 Å². The van der Waals surface area contributed by atoms with Crippen molar-refractivity contribution in [1.29, 1.82) is 0 Å². The molecule has 1 aliphatic carbocycles. The number of rotatable bonds is 5. The predicted molar refractivity (Wildman–Crippen MR) is 105 cm³/mol. The van der Waals surface area contributed by atoms with E-state index in [0.29, 0.717) is 18.7 Å². The number of hydrogen-bond donors (Lipinski definition) is 3. The second-order valence-corrected chi connectivity index (χ2v) is 8.43. The zero-order valence-electron chi connectivity index (χ0n) is 17.1. The quantitative estimate of drug-likeness (QED) is 0.328. The number of benzene rings is 1. The van der Waals surface area contributed by atoms with Crippen LogP contribution < -0.4 is 16.4 Å². The Hall–Kier alpha value is -1.97. The van der Waals surface area contributed by atoms with Gasteiger partial charge in [-0.2, -0.15) is 26.3 Å². The van der Waals surface area contributed by atoms with Crippen molar-refractivity contribution in [2.75, 3.05) is 18.4 Å². The number of halogens is 6. The highest BCUT2D eigenvalue weighted by Gasteiger charge is 2.37. The van der Waals surface area contributed by atoms with Crippen molar-refractivity contribution in [2.45, 2.75) is 64.3 Å². The second kappa shape index (κ2) is 9.45. The fraction of sp³-hybridized carbons (Fsp3) is 0.650. The van der Waals surface area contributed by atoms with E-state index in [1.165, 1.54) is 0 Å². The maximum atomic E-state index is 13.1. The molecule has 10 heteroatoms. The Kier molecular flexibility index (Phi) is 7.65. The molecular formula is C20H28F6N4. The SMILES string of the molecule is CC(C)(CN)CN=C(Nc1cc(C(F)(F)F)cc(C(F)(F)F)c1)NC1CCCCC1. The Morgan fingerprint density at radius 3 is 1.97 bits per heavy atom. The molecule has 4 nitrogen and oxygen atoms in total. The molecule has 1 fully saturated rings. The van der Waals surface area contributed by atoms with Gasteiger partial charge < -0.3 is 16.4 Å². The molecule has 2 rings (SSSR count). The van der Waals surface area contributed by atoms with Crippen molar-refractivity contribution >= 4 is 11.6 Å². The lowest BCUT2D eigenvalue weighted by Crippen LogP contribution is -2.41. The van der Waals surface area contributed by atoms with Crippen molar-refractivity contribution in [3.8, 4) is 0 Å². The zero-order valence-corrected chi connectivity index (χ0v) is 17.1. The molecular weight excluding hydrogens is 410 g/mol. The van der Waals surface area contributed by atoms with Crippen molar-refractivity contribution in [2.24, 2.45) is 16.1 Å². The molecule has 0 bridgehead atoms. The van der Waals surface area contributed by atoms with E-state index in [-0.39, 0.29) is 35.7 Å². The highest BCUT2D eigenvalue weighted by molar-refractivity contribution is 5.94. The average Bonchev–Trinajstić information content (AvgIpc) is 2.65. The third-order valence-electron chi connectivity index (χ3n) is 5.01. The van der Waals surface area contributed by atoms with Crippen LogP contribution in [-0.4, -0.2) is 25.1 Å². The van der Waals surface area contributed by atoms with Crippen molar-refractivity contribution < 1.29 is 26.3 Å². The summed E-state index contributed by atoms with van der Waals surface area (Å²) in [7, 11) is 0. The zero-order chi connectivity index (χ0) is 22.6. The molecule has 0 aliphatic heterocycles. The summed E-state index contributed by atoms with van der Waals surface area (Å²) in [5.74, 6) is 0.149. The van der Waals surface area contributed by atoms with E-state index in [9.17, 15) is 26.3 Å². The Labute approximate surface area is 172 Å². The first-order valence-electron chi connectivity index (χ1n) is 9.88. The average molecular weight is 438 g/mol. The molecule has 1 saturated carbocycles. The Bertz CT molecular complexity index is 702. The lowest BCUT2D eigenvalue weighted by molar-refractivity contribution is -0.143. The monoisotopic (exact) mass is 438 g/mol. The third kappa shape index (κ3) is 7.37. The molecule has 0 aromatic heterocycles. The van der Waals surface area contributed by atoms with Gasteiger partial charge in [0.1, 0.15) is 0 Å². The molecule has 1 aliphatic rings. The number of nitrogens with zero attached hydrogens (tertiary/aromatic N) is 1. The normalized spacial score (nSPS) is 17.2. The smallest absolute Gasteiger partial charge is 0.353 e. The van der Waals surface area contributed by atoms with E-state index in [2.05, 4.69) is 15.6 Å². The number of nitrogens with two attached hydrogens (primary N) is 1. The molecule has 30 heavy (non-hydrogen) atoms. The summed E-state index contributed by atoms with van der Waals surface area (Å²) in [4.78, 5) is 4.39. The summed E-state index contributed by atoms with van der Waals surface area (Å²) in [6.45, 7) is 4.34. The van der Waals surface area contributed by atoms with Crippen LogP contribution in [0.5, 0.6) is 0 Å². The lowest BCUT2D eigenvalue weighted by Gasteiger charge is -2.27. The summed E-state index contributed by atoms with van der Waals surface area (Å²) in [5.41, 5.74) is 2.26. The van der Waals surface area contributed by atoms with E-state index >= 15 is 0 Å². The molecule has 1 aromatic carbocycles. The number of aliphatic imine (C=N–C) groups is 1. The Balaban J connectivity index is 2.35. The van der Waals surface area contributed by atoms with Crippen LogP contribution in [-0.2, 0) is 12.4 Å². The maximum absolute atomic E-state index is 13.1. The second-order valence-electron chi connectivity index (χ2n) is 8.43. The molecule has 170 valence electrons. The van der Waals surface area contributed by atoms with Gasteiger partial charge in [-0.1, -0.05) is 33.1 Å². The minimum atomic E-state index is -4.91. The molecule has 0 atom stereocenters. The third-order valence-corrected chi connectivity index (χ3v) is 5.01. The summed E-state index contributed by atoms with van der Waals surface area (Å²) < 4.78 is 78.8. The van der Waals surface area contributed by atoms with Gasteiger partial charge in [-0.3, -0.25) is 4.99 Å². The first-order chi connectivity index (χ1) is 13.8. The molecule has 1 aromatic rings. The number of hydrogen-bond acceptors (Lipinski definition) is 2. The molecule has 0 spiro atoms. The molecule has 0 unspecified atom stereocenters. The van der Waals surface area contributed by atoms with E-state index in [4.69, 9.17) is 5.73 Å². The number of guanidine groups is 1. The van der Waals surface area contributed by atoms with Crippen LogP contribution in [0.3, 0.4) is 0 Å². The minimum absolute atomic E-state index is 0.0545. The van der Waals surface area contributed by atoms with E-state index < -0.39 is 23.5 Å². The summed E-state index contributed by atoms with van der Waals surface area (Å²) >= 11 is 0. The van der Waals surface area contributed by atoms with Gasteiger partial charge in [0.15, 0.2) is 5.96 Å². The van der Waals surface area contributed by atoms with Gasteiger partial charge in [0.2, 0.25) is 0 Å². The van der Waals surface area contributed by atoms with Crippen LogP contribution in [0.25, 0.3) is 0 Å². The van der Waals surface area contributed by atoms with Crippen molar-refractivity contribution in [1.82, 2.24) is 5.32 Å². The summed E-state index contributed by atoms with van der Waals surface area (Å²) in [5, 5.41) is 5.80. The topological polar surface area (TPSA) is 62.4 Å². The highest BCUT2D eigenvalue weighted by atomic mass is 19.4. The molecule has 0 heterocycles. The maximum Gasteiger partial charge on any atom is 0.416 e. The van der Waals surface area contributed by atoms with Gasteiger partial charge in [0.25, 0.3) is 0 Å². The molecule has 4 N–H and O–H groups in total. The fourth-order valence-corrected chi connectivity index (χ4v) is 3.08. The number of nitrogens with one attached hydrogen (secondary N) is 2. The van der Waals surface area contributed by atoms with Crippen LogP contribution in [0.2, 0.25) is 0 Å². The van der Waals surface area contributed by atoms with Gasteiger partial charge in [0, 0.05) is 18.3 Å². The lowest BCUT2D eigenvalue weighted by atomic mass is 9.94. The van der Waals surface area contributed by atoms with E-state index in [1.54, 1.807) is 0 Å². The van der Waals surface area contributed by atoms with Crippen molar-refractivity contribution in [3.63, 3.8) is 0 Å². The first-order valence-corrected chi connectivity index (χ1v) is 9.88. The number of alkyl halides is 6. The Morgan fingerprint density at radius 2 is 1.50 bits per heavy atom. The van der Waals surface area contributed by atoms with Gasteiger partial charge in [-0.25, -0.2) is 0 Å². The van der Waals surface area contributed by atoms with Crippen LogP contribution in [0.4, 0.5) is 32.0 Å². The highest BCUT2D eigenvalue weighted by Crippen LogP contribution is 2.37. The summed E-state index contributed by atoms with van der Waals surface area (Å²) in [6.07, 6.45) is -5.00. The standard InChI is InChI=1S/C20H28F6N4/c1-18(2,11-27)12-28-17(29-15-6-4-3-5-7-15)30-16-9-13(19(21,22)23)8-14(10-16)20(24,25)26/h8-10,15H,3-7,11-12,27H2,1-2H3,(H2,28,29,30). The van der Waals surface area contributed by atoms with Crippen LogP contribution in [0.15, 0.2) is 23.2 Å². The molecule has 0 radical (unpaired) electrons. The van der Waals surface area contributed by atoms with Crippen molar-refractivity contribution in [3.05, 3.63) is 29.3 Å². The van der Waals surface area contributed by atoms with Crippen LogP contribution >= 0.6 is 0 Å². The largest absolute Gasteiger partial charge is 0.416 e. The van der Waals surface area contributed by atoms with Gasteiger partial charge in [-0.05, 0) is 43.0 Å². The van der Waals surface area contributed by atoms with Gasteiger partial charge >= 0.3 is 12.4 Å². The first kappa shape index (κ1) is 24.3. The van der Waals surface area contributed by atoms with E-state index in [0.717, 1.165) is 32.1 Å². The predicted octanol–water partition coefficient (Wildman–Crippen LogP) is 5.40. The van der Waals surface area contributed by atoms with Crippen LogP contribution in [0, 0.1) is 5.41 Å². The van der Waals surface area contributed by atoms with Gasteiger partial charge in [-0.15, -0.1) is 0 Å². The summed E-state index contributed by atoms with van der Waals surface area (Å²) in [6, 6.07) is 1.47. The van der Waals surface area contributed by atoms with Crippen LogP contribution in [0.1, 0.15) is 57.1 Å². The van der Waals surface area contributed by atoms with Gasteiger partial charge in [0.05, 0.1) is 11.1 Å². The molecule has 0 saturated heterocycles. The number of anilines is 1. The Morgan fingerprint density at radius 1 is 0.967 bits per heavy atom.